The van der Waals surface area contributed by atoms with E-state index in [1.54, 1.807) is 0 Å². The van der Waals surface area contributed by atoms with E-state index in [4.69, 9.17) is 0 Å². The summed E-state index contributed by atoms with van der Waals surface area (Å²) in [6, 6.07) is 5.77. The Hall–Kier alpha value is -1.79. The second-order valence-electron chi connectivity index (χ2n) is 6.26. The highest BCUT2D eigenvalue weighted by atomic mass is 16.6. The molecule has 1 aromatic carbocycles. The number of fused-ring (bicyclic) bond motifs is 3. The monoisotopic (exact) mass is 291 g/mol. The van der Waals surface area contributed by atoms with Crippen molar-refractivity contribution >= 4 is 11.5 Å². The molecule has 2 bridgehead atoms. The van der Waals surface area contributed by atoms with E-state index in [0.717, 1.165) is 25.9 Å². The van der Waals surface area contributed by atoms with Crippen molar-refractivity contribution in [2.45, 2.75) is 18.9 Å². The molecule has 3 heterocycles. The number of nitro groups is 1. The van der Waals surface area contributed by atoms with Gasteiger partial charge in [-0.25, -0.2) is 0 Å². The van der Waals surface area contributed by atoms with Gasteiger partial charge in [0.15, 0.2) is 0 Å². The van der Waals surface area contributed by atoms with Gasteiger partial charge in [-0.1, -0.05) is 0 Å². The number of piperidine rings is 3. The van der Waals surface area contributed by atoms with Crippen LogP contribution in [0, 0.1) is 16.0 Å². The van der Waals surface area contributed by atoms with Crippen molar-refractivity contribution in [2.24, 2.45) is 5.92 Å². The predicted octanol–water partition coefficient (Wildman–Crippen LogP) is 1.38. The minimum atomic E-state index is -0.470. The van der Waals surface area contributed by atoms with E-state index < -0.39 is 4.92 Å². The Bertz CT molecular complexity index is 562. The van der Waals surface area contributed by atoms with Gasteiger partial charge in [0.05, 0.1) is 18.0 Å². The van der Waals surface area contributed by atoms with Gasteiger partial charge in [0.2, 0.25) is 5.78 Å². The normalized spacial score (nSPS) is 31.1. The fourth-order valence-corrected chi connectivity index (χ4v) is 3.64. The Morgan fingerprint density at radius 3 is 2.43 bits per heavy atom. The Kier molecular flexibility index (Phi) is 3.51. The summed E-state index contributed by atoms with van der Waals surface area (Å²) < 4.78 is 0.660. The van der Waals surface area contributed by atoms with Crippen LogP contribution >= 0.6 is 0 Å². The summed E-state index contributed by atoms with van der Waals surface area (Å²) in [5, 5.41) is 20.7. The third kappa shape index (κ3) is 2.69. The lowest BCUT2D eigenvalue weighted by atomic mass is 9.83. The zero-order valence-electron chi connectivity index (χ0n) is 11.8. The second-order valence-corrected chi connectivity index (χ2v) is 6.26. The maximum Gasteiger partial charge on any atom is 0.269 e. The molecular formula is C15H19N2O4+. The number of ketones is 1. The largest absolute Gasteiger partial charge is 0.387 e. The van der Waals surface area contributed by atoms with E-state index in [-0.39, 0.29) is 17.6 Å². The standard InChI is InChI=1S/C15H19N2O4/c18-14(11-1-3-13(4-2-11)16(20)21)9-17-7-5-12(6-8-17)15(19)10-17/h1-4,12,15,19H,5-10H2/q+1. The van der Waals surface area contributed by atoms with Gasteiger partial charge < -0.3 is 9.59 Å². The quantitative estimate of drug-likeness (QED) is 0.393. The molecule has 0 saturated carbocycles. The number of carbonyl (C=O) groups excluding carboxylic acids is 1. The summed E-state index contributed by atoms with van der Waals surface area (Å²) >= 11 is 0. The predicted molar refractivity (Wildman–Crippen MR) is 75.9 cm³/mol. The number of Topliss-reactive ketones (excluding diaryl/α,β-unsaturated/α-hetero) is 1. The summed E-state index contributed by atoms with van der Waals surface area (Å²) in [6.45, 7) is 2.92. The molecule has 0 spiro atoms. The zero-order valence-corrected chi connectivity index (χ0v) is 11.8. The summed E-state index contributed by atoms with van der Waals surface area (Å²) in [5.74, 6) is 0.400. The summed E-state index contributed by atoms with van der Waals surface area (Å²) in [6.07, 6.45) is 1.67. The number of nitrogens with zero attached hydrogens (tertiary/aromatic N) is 2. The summed E-state index contributed by atoms with van der Waals surface area (Å²) in [7, 11) is 0. The van der Waals surface area contributed by atoms with Crippen molar-refractivity contribution in [3.8, 4) is 0 Å². The van der Waals surface area contributed by atoms with Crippen molar-refractivity contribution in [1.82, 2.24) is 0 Å². The van der Waals surface area contributed by atoms with E-state index in [9.17, 15) is 20.0 Å². The minimum absolute atomic E-state index is 0.00236. The average molecular weight is 291 g/mol. The van der Waals surface area contributed by atoms with Crippen LogP contribution in [-0.2, 0) is 0 Å². The SMILES string of the molecule is O=C(C[N+]12CCC(CC1)C(O)C2)c1ccc([N+](=O)[O-])cc1. The van der Waals surface area contributed by atoms with Crippen molar-refractivity contribution in [1.29, 1.82) is 0 Å². The maximum atomic E-state index is 12.4. The first kappa shape index (κ1) is 14.2. The first-order valence-electron chi connectivity index (χ1n) is 7.30. The fourth-order valence-electron chi connectivity index (χ4n) is 3.64. The van der Waals surface area contributed by atoms with Crippen LogP contribution in [-0.4, -0.2) is 52.6 Å². The van der Waals surface area contributed by atoms with E-state index in [2.05, 4.69) is 0 Å². The topological polar surface area (TPSA) is 80.4 Å². The first-order chi connectivity index (χ1) is 9.99. The summed E-state index contributed by atoms with van der Waals surface area (Å²) in [4.78, 5) is 22.6. The van der Waals surface area contributed by atoms with Crippen LogP contribution in [0.4, 0.5) is 5.69 Å². The molecular weight excluding hydrogens is 272 g/mol. The Morgan fingerprint density at radius 2 is 1.90 bits per heavy atom. The van der Waals surface area contributed by atoms with Crippen LogP contribution in [0.1, 0.15) is 23.2 Å². The highest BCUT2D eigenvalue weighted by molar-refractivity contribution is 5.97. The Balaban J connectivity index is 1.72. The van der Waals surface area contributed by atoms with Crippen LogP contribution in [0.3, 0.4) is 0 Å². The molecule has 1 unspecified atom stereocenters. The smallest absolute Gasteiger partial charge is 0.269 e. The van der Waals surface area contributed by atoms with Gasteiger partial charge in [0.25, 0.3) is 5.69 Å². The lowest BCUT2D eigenvalue weighted by Gasteiger charge is -2.50. The molecule has 1 N–H and O–H groups in total. The first-order valence-corrected chi connectivity index (χ1v) is 7.30. The molecule has 3 fully saturated rings. The molecule has 6 nitrogen and oxygen atoms in total. The Labute approximate surface area is 122 Å². The van der Waals surface area contributed by atoms with Crippen molar-refractivity contribution in [3.05, 3.63) is 39.9 Å². The highest BCUT2D eigenvalue weighted by Gasteiger charge is 2.46. The van der Waals surface area contributed by atoms with Crippen molar-refractivity contribution < 1.29 is 19.3 Å². The van der Waals surface area contributed by atoms with E-state index in [1.165, 1.54) is 24.3 Å². The number of rotatable bonds is 4. The number of benzene rings is 1. The third-order valence-corrected chi connectivity index (χ3v) is 4.95. The highest BCUT2D eigenvalue weighted by Crippen LogP contribution is 2.34. The van der Waals surface area contributed by atoms with Gasteiger partial charge >= 0.3 is 0 Å². The number of hydrogen-bond acceptors (Lipinski definition) is 4. The zero-order chi connectivity index (χ0) is 15.0. The van der Waals surface area contributed by atoms with Crippen LogP contribution in [0.25, 0.3) is 0 Å². The summed E-state index contributed by atoms with van der Waals surface area (Å²) in [5.41, 5.74) is 0.503. The van der Waals surface area contributed by atoms with Gasteiger partial charge in [0.1, 0.15) is 19.2 Å². The molecule has 1 aromatic rings. The number of hydrogen-bond donors (Lipinski definition) is 1. The lowest BCUT2D eigenvalue weighted by molar-refractivity contribution is -0.938. The van der Waals surface area contributed by atoms with Gasteiger partial charge in [0, 0.05) is 36.5 Å². The maximum absolute atomic E-state index is 12.4. The van der Waals surface area contributed by atoms with Crippen molar-refractivity contribution in [2.75, 3.05) is 26.2 Å². The molecule has 3 aliphatic rings. The molecule has 0 radical (unpaired) electrons. The van der Waals surface area contributed by atoms with Gasteiger partial charge in [-0.05, 0) is 12.1 Å². The molecule has 3 aliphatic heterocycles. The number of aliphatic hydroxyl groups excluding tert-OH is 1. The molecule has 112 valence electrons. The van der Waals surface area contributed by atoms with E-state index >= 15 is 0 Å². The Morgan fingerprint density at radius 1 is 1.29 bits per heavy atom. The molecule has 21 heavy (non-hydrogen) atoms. The molecule has 4 rings (SSSR count). The number of carbonyl (C=O) groups is 1. The van der Waals surface area contributed by atoms with Gasteiger partial charge in [-0.15, -0.1) is 0 Å². The minimum Gasteiger partial charge on any atom is -0.387 e. The molecule has 0 aromatic heterocycles. The number of quaternary nitrogens is 1. The fraction of sp³-hybridized carbons (Fsp3) is 0.533. The van der Waals surface area contributed by atoms with Gasteiger partial charge in [-0.3, -0.25) is 14.9 Å². The van der Waals surface area contributed by atoms with E-state index in [0.29, 0.717) is 29.1 Å². The van der Waals surface area contributed by atoms with Crippen LogP contribution in [0.2, 0.25) is 0 Å². The van der Waals surface area contributed by atoms with Crippen molar-refractivity contribution in [3.63, 3.8) is 0 Å². The second kappa shape index (κ2) is 5.20. The molecule has 6 heteroatoms. The van der Waals surface area contributed by atoms with Crippen LogP contribution < -0.4 is 0 Å². The van der Waals surface area contributed by atoms with Crippen LogP contribution in [0.5, 0.6) is 0 Å². The molecule has 3 saturated heterocycles. The van der Waals surface area contributed by atoms with Crippen LogP contribution in [0.15, 0.2) is 24.3 Å². The molecule has 1 atom stereocenters. The van der Waals surface area contributed by atoms with Gasteiger partial charge in [-0.2, -0.15) is 0 Å². The van der Waals surface area contributed by atoms with E-state index in [1.807, 2.05) is 0 Å². The molecule has 0 aliphatic carbocycles. The number of nitro benzene ring substituents is 1. The number of aliphatic hydroxyl groups is 1. The third-order valence-electron chi connectivity index (χ3n) is 4.95. The average Bonchev–Trinajstić information content (AvgIpc) is 2.47. The molecule has 0 amide bonds. The number of non-ortho nitro benzene ring substituents is 1. The lowest BCUT2D eigenvalue weighted by Crippen LogP contribution is -2.65.